The minimum atomic E-state index is -1.48. The number of rotatable bonds is 10. The topological polar surface area (TPSA) is 99.1 Å². The first-order valence-electron chi connectivity index (χ1n) is 11.0. The lowest BCUT2D eigenvalue weighted by molar-refractivity contribution is -0.173. The van der Waals surface area contributed by atoms with Gasteiger partial charge in [-0.15, -0.1) is 0 Å². The first kappa shape index (κ1) is 27.3. The van der Waals surface area contributed by atoms with Gasteiger partial charge in [-0.25, -0.2) is 4.79 Å². The fourth-order valence-electron chi connectivity index (χ4n) is 3.37. The van der Waals surface area contributed by atoms with E-state index >= 15 is 0 Å². The Balaban J connectivity index is 2.09. The average molecular weight is 491 g/mol. The molecule has 0 saturated heterocycles. The highest BCUT2D eigenvalue weighted by atomic mass is 35.5. The van der Waals surface area contributed by atoms with Crippen LogP contribution in [0.2, 0.25) is 5.02 Å². The van der Waals surface area contributed by atoms with E-state index in [1.165, 1.54) is 6.92 Å². The second-order valence-electron chi connectivity index (χ2n) is 9.04. The Kier molecular flexibility index (Phi) is 10.1. The predicted octanol–water partition coefficient (Wildman–Crippen LogP) is 4.71. The summed E-state index contributed by atoms with van der Waals surface area (Å²) in [6.07, 6.45) is -1.05. The highest BCUT2D eigenvalue weighted by Crippen LogP contribution is 2.26. The molecule has 0 amide bonds. The molecule has 0 radical (unpaired) electrons. The molecule has 0 fully saturated rings. The van der Waals surface area contributed by atoms with E-state index in [1.807, 2.05) is 48.5 Å². The summed E-state index contributed by atoms with van der Waals surface area (Å²) in [7, 11) is 0. The van der Waals surface area contributed by atoms with Gasteiger partial charge in [0.2, 0.25) is 6.79 Å². The van der Waals surface area contributed by atoms with E-state index in [0.29, 0.717) is 11.4 Å². The molecule has 0 aliphatic rings. The molecule has 0 spiro atoms. The van der Waals surface area contributed by atoms with E-state index < -0.39 is 36.4 Å². The summed E-state index contributed by atoms with van der Waals surface area (Å²) in [5.74, 6) is -2.34. The number of carbonyl (C=O) groups excluding carboxylic acids is 3. The van der Waals surface area contributed by atoms with Crippen LogP contribution in [0.5, 0.6) is 0 Å². The molecule has 0 aliphatic heterocycles. The van der Waals surface area contributed by atoms with Gasteiger partial charge in [0, 0.05) is 18.4 Å². The quantitative estimate of drug-likeness (QED) is 0.380. The van der Waals surface area contributed by atoms with E-state index in [9.17, 15) is 19.5 Å². The molecular formula is C26H31ClO7. The zero-order chi connectivity index (χ0) is 25.3. The number of hydrogen-bond acceptors (Lipinski definition) is 7. The highest BCUT2D eigenvalue weighted by molar-refractivity contribution is 6.30. The van der Waals surface area contributed by atoms with Gasteiger partial charge < -0.3 is 19.3 Å². The van der Waals surface area contributed by atoms with E-state index in [1.54, 1.807) is 20.8 Å². The van der Waals surface area contributed by atoms with Gasteiger partial charge in [0.05, 0.1) is 0 Å². The van der Waals surface area contributed by atoms with Crippen LogP contribution < -0.4 is 0 Å². The molecule has 0 bridgehead atoms. The molecule has 2 atom stereocenters. The van der Waals surface area contributed by atoms with Gasteiger partial charge >= 0.3 is 17.9 Å². The molecule has 0 saturated carbocycles. The highest BCUT2D eigenvalue weighted by Gasteiger charge is 2.26. The number of benzene rings is 2. The molecule has 8 heteroatoms. The fourth-order valence-corrected chi connectivity index (χ4v) is 3.56. The van der Waals surface area contributed by atoms with Crippen molar-refractivity contribution in [1.82, 2.24) is 0 Å². The molecule has 0 aromatic heterocycles. The van der Waals surface area contributed by atoms with Crippen molar-refractivity contribution in [3.05, 3.63) is 59.1 Å². The Hall–Kier alpha value is -2.90. The molecule has 0 heterocycles. The summed E-state index contributed by atoms with van der Waals surface area (Å²) >= 11 is 6.08. The SMILES string of the molecule is CC(=O)OCOC(=O)[C@H](O)C[C@H](CC(=O)OC(C)(C)C)Cc1ccc(-c2cccc(Cl)c2)cc1. The third-order valence-electron chi connectivity index (χ3n) is 4.80. The predicted molar refractivity (Wildman–Crippen MR) is 128 cm³/mol. The van der Waals surface area contributed by atoms with Crippen LogP contribution in [-0.2, 0) is 35.0 Å². The lowest BCUT2D eigenvalue weighted by atomic mass is 9.90. The summed E-state index contributed by atoms with van der Waals surface area (Å²) in [5, 5.41) is 11.0. The third kappa shape index (κ3) is 9.93. The average Bonchev–Trinajstić information content (AvgIpc) is 2.72. The molecule has 34 heavy (non-hydrogen) atoms. The van der Waals surface area contributed by atoms with E-state index in [-0.39, 0.29) is 18.8 Å². The van der Waals surface area contributed by atoms with E-state index in [4.69, 9.17) is 21.1 Å². The Bertz CT molecular complexity index is 979. The van der Waals surface area contributed by atoms with Crippen LogP contribution in [0.15, 0.2) is 48.5 Å². The summed E-state index contributed by atoms with van der Waals surface area (Å²) in [4.78, 5) is 35.3. The molecule has 7 nitrogen and oxygen atoms in total. The van der Waals surface area contributed by atoms with Crippen LogP contribution in [0.1, 0.15) is 46.1 Å². The number of halogens is 1. The Morgan fingerprint density at radius 2 is 1.68 bits per heavy atom. The Morgan fingerprint density at radius 3 is 2.26 bits per heavy atom. The first-order valence-corrected chi connectivity index (χ1v) is 11.4. The maximum Gasteiger partial charge on any atom is 0.337 e. The summed E-state index contributed by atoms with van der Waals surface area (Å²) < 4.78 is 14.7. The summed E-state index contributed by atoms with van der Waals surface area (Å²) in [6, 6.07) is 15.3. The second kappa shape index (κ2) is 12.5. The number of carbonyl (C=O) groups is 3. The Labute approximate surface area is 205 Å². The monoisotopic (exact) mass is 490 g/mol. The van der Waals surface area contributed by atoms with Gasteiger partial charge in [-0.3, -0.25) is 9.59 Å². The fraction of sp³-hybridized carbons (Fsp3) is 0.423. The van der Waals surface area contributed by atoms with Crippen LogP contribution in [0.25, 0.3) is 11.1 Å². The van der Waals surface area contributed by atoms with Crippen molar-refractivity contribution in [3.8, 4) is 11.1 Å². The van der Waals surface area contributed by atoms with Crippen LogP contribution in [-0.4, -0.2) is 41.5 Å². The third-order valence-corrected chi connectivity index (χ3v) is 5.04. The van der Waals surface area contributed by atoms with Crippen molar-refractivity contribution in [2.24, 2.45) is 5.92 Å². The number of aliphatic hydroxyl groups is 1. The van der Waals surface area contributed by atoms with Gasteiger partial charge in [-0.05, 0) is 68.4 Å². The van der Waals surface area contributed by atoms with Crippen molar-refractivity contribution < 1.29 is 33.7 Å². The minimum absolute atomic E-state index is 0.0155. The number of aliphatic hydroxyl groups excluding tert-OH is 1. The normalized spacial score (nSPS) is 13.0. The Morgan fingerprint density at radius 1 is 1.00 bits per heavy atom. The van der Waals surface area contributed by atoms with Crippen LogP contribution in [0.4, 0.5) is 0 Å². The lowest BCUT2D eigenvalue weighted by Gasteiger charge is -2.23. The zero-order valence-corrected chi connectivity index (χ0v) is 20.6. The van der Waals surface area contributed by atoms with Gasteiger partial charge in [-0.1, -0.05) is 48.0 Å². The second-order valence-corrected chi connectivity index (χ2v) is 9.47. The molecule has 0 unspecified atom stereocenters. The summed E-state index contributed by atoms with van der Waals surface area (Å²) in [6.45, 7) is 5.92. The van der Waals surface area contributed by atoms with Gasteiger partial charge in [0.25, 0.3) is 0 Å². The largest absolute Gasteiger partial charge is 0.460 e. The molecule has 2 aromatic carbocycles. The number of ether oxygens (including phenoxy) is 3. The number of esters is 3. The van der Waals surface area contributed by atoms with Crippen LogP contribution in [0, 0.1) is 5.92 Å². The maximum absolute atomic E-state index is 12.4. The standard InChI is InChI=1S/C26H31ClO7/c1-17(28)32-16-33-25(31)23(29)13-19(14-24(30)34-26(2,3)4)12-18-8-10-20(11-9-18)21-6-5-7-22(27)15-21/h5-11,15,19,23,29H,12-14,16H2,1-4H3/t19-,23-/m1/s1. The van der Waals surface area contributed by atoms with Gasteiger partial charge in [-0.2, -0.15) is 0 Å². The van der Waals surface area contributed by atoms with Crippen molar-refractivity contribution in [2.45, 2.75) is 58.7 Å². The summed E-state index contributed by atoms with van der Waals surface area (Å²) in [5.41, 5.74) is 2.25. The molecular weight excluding hydrogens is 460 g/mol. The molecule has 2 aromatic rings. The van der Waals surface area contributed by atoms with Gasteiger partial charge in [0.15, 0.2) is 6.10 Å². The van der Waals surface area contributed by atoms with Crippen molar-refractivity contribution in [3.63, 3.8) is 0 Å². The zero-order valence-electron chi connectivity index (χ0n) is 19.9. The maximum atomic E-state index is 12.4. The minimum Gasteiger partial charge on any atom is -0.460 e. The van der Waals surface area contributed by atoms with Gasteiger partial charge in [0.1, 0.15) is 5.60 Å². The van der Waals surface area contributed by atoms with Crippen LogP contribution >= 0.6 is 11.6 Å². The van der Waals surface area contributed by atoms with Crippen molar-refractivity contribution in [2.75, 3.05) is 6.79 Å². The molecule has 2 rings (SSSR count). The van der Waals surface area contributed by atoms with Crippen molar-refractivity contribution >= 4 is 29.5 Å². The smallest absolute Gasteiger partial charge is 0.337 e. The molecule has 184 valence electrons. The van der Waals surface area contributed by atoms with E-state index in [2.05, 4.69) is 4.74 Å². The van der Waals surface area contributed by atoms with E-state index in [0.717, 1.165) is 16.7 Å². The molecule has 1 N–H and O–H groups in total. The van der Waals surface area contributed by atoms with Crippen molar-refractivity contribution in [1.29, 1.82) is 0 Å². The first-order chi connectivity index (χ1) is 15.9. The molecule has 0 aliphatic carbocycles. The number of hydrogen-bond donors (Lipinski definition) is 1. The van der Waals surface area contributed by atoms with Crippen LogP contribution in [0.3, 0.4) is 0 Å². The lowest BCUT2D eigenvalue weighted by Crippen LogP contribution is -2.30.